The molecule has 0 spiro atoms. The Morgan fingerprint density at radius 2 is 1.31 bits per heavy atom. The van der Waals surface area contributed by atoms with E-state index in [1.807, 2.05) is 73.8 Å². The van der Waals surface area contributed by atoms with Crippen LogP contribution in [0.2, 0.25) is 0 Å². The van der Waals surface area contributed by atoms with Gasteiger partial charge in [-0.2, -0.15) is 0 Å². The van der Waals surface area contributed by atoms with E-state index in [2.05, 4.69) is 0 Å². The zero-order valence-corrected chi connectivity index (χ0v) is 23.7. The first-order chi connectivity index (χ1) is 18.9. The average Bonchev–Trinajstić information content (AvgIpc) is 2.97. The summed E-state index contributed by atoms with van der Waals surface area (Å²) in [5.41, 5.74) is 2.23. The van der Waals surface area contributed by atoms with Crippen LogP contribution in [0.5, 0.6) is 5.75 Å². The molecule has 0 saturated heterocycles. The van der Waals surface area contributed by atoms with Crippen molar-refractivity contribution in [1.29, 1.82) is 0 Å². The van der Waals surface area contributed by atoms with E-state index >= 15 is 0 Å². The molecule has 0 bridgehead atoms. The maximum absolute atomic E-state index is 14.1. The van der Waals surface area contributed by atoms with Crippen molar-refractivity contribution in [3.63, 3.8) is 0 Å². The van der Waals surface area contributed by atoms with E-state index in [9.17, 15) is 13.2 Å². The second-order valence-electron chi connectivity index (χ2n) is 8.81. The van der Waals surface area contributed by atoms with Crippen molar-refractivity contribution in [3.8, 4) is 5.75 Å². The Hall–Kier alpha value is -3.75. The molecule has 0 aliphatic rings. The van der Waals surface area contributed by atoms with E-state index in [1.165, 1.54) is 11.8 Å². The molecule has 4 aromatic rings. The molecule has 202 valence electrons. The third-order valence-electron chi connectivity index (χ3n) is 6.15. The second-order valence-corrected chi connectivity index (χ2v) is 11.6. The molecule has 0 saturated carbocycles. The van der Waals surface area contributed by atoms with Crippen LogP contribution < -0.4 is 9.04 Å². The number of nitrogens with zero attached hydrogens (tertiary/aromatic N) is 2. The number of carbonyl (C=O) groups excluding carboxylic acids is 1. The number of para-hydroxylation sites is 2. The van der Waals surface area contributed by atoms with Crippen LogP contribution in [-0.4, -0.2) is 38.6 Å². The van der Waals surface area contributed by atoms with Crippen molar-refractivity contribution in [2.75, 3.05) is 23.7 Å². The van der Waals surface area contributed by atoms with Gasteiger partial charge in [0, 0.05) is 18.0 Å². The fourth-order valence-corrected chi connectivity index (χ4v) is 6.01. The Balaban J connectivity index is 1.73. The molecule has 4 aromatic carbocycles. The molecule has 0 radical (unpaired) electrons. The largest absolute Gasteiger partial charge is 0.492 e. The molecule has 39 heavy (non-hydrogen) atoms. The number of anilines is 1. The predicted octanol–water partition coefficient (Wildman–Crippen LogP) is 6.23. The SMILES string of the molecule is CCOc1ccccc1N(CC(=O)N(Cc1ccccc1)Cc1ccccc1)S(=O)(=O)c1ccc(SC)cc1. The Morgan fingerprint density at radius 3 is 1.85 bits per heavy atom. The summed E-state index contributed by atoms with van der Waals surface area (Å²) in [5, 5.41) is 0. The molecular formula is C31H32N2O4S2. The number of amides is 1. The van der Waals surface area contributed by atoms with E-state index in [0.717, 1.165) is 20.3 Å². The number of sulfonamides is 1. The van der Waals surface area contributed by atoms with Crippen LogP contribution in [0.25, 0.3) is 0 Å². The van der Waals surface area contributed by atoms with Gasteiger partial charge >= 0.3 is 0 Å². The van der Waals surface area contributed by atoms with Crippen LogP contribution in [0.1, 0.15) is 18.1 Å². The van der Waals surface area contributed by atoms with Gasteiger partial charge in [-0.15, -0.1) is 11.8 Å². The van der Waals surface area contributed by atoms with Gasteiger partial charge in [0.1, 0.15) is 12.3 Å². The number of benzene rings is 4. The smallest absolute Gasteiger partial charge is 0.264 e. The molecule has 4 rings (SSSR count). The predicted molar refractivity (Wildman–Crippen MR) is 158 cm³/mol. The average molecular weight is 561 g/mol. The topological polar surface area (TPSA) is 66.9 Å². The highest BCUT2D eigenvalue weighted by molar-refractivity contribution is 7.98. The lowest BCUT2D eigenvalue weighted by Gasteiger charge is -2.29. The highest BCUT2D eigenvalue weighted by atomic mass is 32.2. The van der Waals surface area contributed by atoms with Gasteiger partial charge in [-0.3, -0.25) is 9.10 Å². The van der Waals surface area contributed by atoms with E-state index in [-0.39, 0.29) is 17.3 Å². The number of thioether (sulfide) groups is 1. The lowest BCUT2D eigenvalue weighted by molar-refractivity contribution is -0.130. The molecule has 0 aromatic heterocycles. The highest BCUT2D eigenvalue weighted by Gasteiger charge is 2.31. The summed E-state index contributed by atoms with van der Waals surface area (Å²) in [7, 11) is -4.10. The quantitative estimate of drug-likeness (QED) is 0.192. The van der Waals surface area contributed by atoms with Crippen molar-refractivity contribution in [2.45, 2.75) is 29.8 Å². The van der Waals surface area contributed by atoms with Crippen LogP contribution >= 0.6 is 11.8 Å². The van der Waals surface area contributed by atoms with Gasteiger partial charge in [0.25, 0.3) is 10.0 Å². The van der Waals surface area contributed by atoms with E-state index in [4.69, 9.17) is 4.74 Å². The molecule has 1 amide bonds. The van der Waals surface area contributed by atoms with E-state index in [1.54, 1.807) is 53.4 Å². The standard InChI is InChI=1S/C31H32N2O4S2/c1-3-37-30-17-11-10-16-29(30)33(39(35,36)28-20-18-27(38-2)19-21-28)24-31(34)32(22-25-12-6-4-7-13-25)23-26-14-8-5-9-15-26/h4-21H,3,22-24H2,1-2H3. The number of carbonyl (C=O) groups is 1. The number of hydrogen-bond donors (Lipinski definition) is 0. The van der Waals surface area contributed by atoms with Crippen molar-refractivity contribution >= 4 is 33.4 Å². The summed E-state index contributed by atoms with van der Waals surface area (Å²) >= 11 is 1.53. The van der Waals surface area contributed by atoms with Gasteiger partial charge in [0.05, 0.1) is 17.2 Å². The van der Waals surface area contributed by atoms with Crippen LogP contribution in [0.3, 0.4) is 0 Å². The third kappa shape index (κ3) is 7.22. The first kappa shape index (κ1) is 28.3. The molecule has 8 heteroatoms. The summed E-state index contributed by atoms with van der Waals surface area (Å²) in [5.74, 6) is 0.0769. The Bertz CT molecular complexity index is 1420. The Labute approximate surface area is 235 Å². The van der Waals surface area contributed by atoms with Gasteiger partial charge in [0.15, 0.2) is 0 Å². The first-order valence-electron chi connectivity index (χ1n) is 12.7. The fraction of sp³-hybridized carbons (Fsp3) is 0.194. The van der Waals surface area contributed by atoms with Crippen molar-refractivity contribution in [2.24, 2.45) is 0 Å². The second kappa shape index (κ2) is 13.4. The minimum absolute atomic E-state index is 0.108. The van der Waals surface area contributed by atoms with Crippen molar-refractivity contribution in [1.82, 2.24) is 4.90 Å². The summed E-state index contributed by atoms with van der Waals surface area (Å²) in [6.07, 6.45) is 1.93. The highest BCUT2D eigenvalue weighted by Crippen LogP contribution is 2.33. The summed E-state index contributed by atoms with van der Waals surface area (Å²) in [6.45, 7) is 2.51. The van der Waals surface area contributed by atoms with Crippen LogP contribution in [0, 0.1) is 0 Å². The fourth-order valence-electron chi connectivity index (χ4n) is 4.18. The number of ether oxygens (including phenoxy) is 1. The maximum Gasteiger partial charge on any atom is 0.264 e. The Morgan fingerprint density at radius 1 is 0.769 bits per heavy atom. The van der Waals surface area contributed by atoms with Crippen LogP contribution in [0.4, 0.5) is 5.69 Å². The summed E-state index contributed by atoms with van der Waals surface area (Å²) in [4.78, 5) is 16.7. The molecular weight excluding hydrogens is 528 g/mol. The lowest BCUT2D eigenvalue weighted by Crippen LogP contribution is -2.42. The van der Waals surface area contributed by atoms with Gasteiger partial charge in [-0.25, -0.2) is 8.42 Å². The van der Waals surface area contributed by atoms with Gasteiger partial charge in [-0.1, -0.05) is 72.8 Å². The van der Waals surface area contributed by atoms with Gasteiger partial charge < -0.3 is 9.64 Å². The number of hydrogen-bond acceptors (Lipinski definition) is 5. The van der Waals surface area contributed by atoms with E-state index in [0.29, 0.717) is 31.1 Å². The molecule has 0 unspecified atom stereocenters. The molecule has 6 nitrogen and oxygen atoms in total. The van der Waals surface area contributed by atoms with Crippen molar-refractivity contribution < 1.29 is 17.9 Å². The summed E-state index contributed by atoms with van der Waals surface area (Å²) < 4.78 is 35.1. The van der Waals surface area contributed by atoms with Crippen molar-refractivity contribution in [3.05, 3.63) is 120 Å². The lowest BCUT2D eigenvalue weighted by atomic mass is 10.1. The van der Waals surface area contributed by atoms with E-state index < -0.39 is 10.0 Å². The van der Waals surface area contributed by atoms with Crippen LogP contribution in [0.15, 0.2) is 119 Å². The summed E-state index contributed by atoms with van der Waals surface area (Å²) in [6, 6.07) is 33.0. The normalized spacial score (nSPS) is 11.1. The molecule has 0 fully saturated rings. The molecule has 0 aliphatic carbocycles. The minimum Gasteiger partial charge on any atom is -0.492 e. The monoisotopic (exact) mass is 560 g/mol. The zero-order valence-electron chi connectivity index (χ0n) is 22.1. The van der Waals surface area contributed by atoms with Crippen LogP contribution in [-0.2, 0) is 27.9 Å². The molecule has 0 aliphatic heterocycles. The maximum atomic E-state index is 14.1. The van der Waals surface area contributed by atoms with Gasteiger partial charge in [0.2, 0.25) is 5.91 Å². The Kier molecular flexibility index (Phi) is 9.68. The molecule has 0 atom stereocenters. The minimum atomic E-state index is -4.10. The zero-order chi connectivity index (χ0) is 27.7. The number of rotatable bonds is 12. The van der Waals surface area contributed by atoms with Gasteiger partial charge in [-0.05, 0) is 60.7 Å². The molecule has 0 N–H and O–H groups in total. The first-order valence-corrected chi connectivity index (χ1v) is 15.3. The molecule has 0 heterocycles. The third-order valence-corrected chi connectivity index (χ3v) is 8.66.